The largest absolute Gasteiger partial charge is 0.350 e. The molecule has 2 aliphatic heterocycles. The molecule has 0 saturated carbocycles. The van der Waals surface area contributed by atoms with Crippen LogP contribution in [0.25, 0.3) is 0 Å². The van der Waals surface area contributed by atoms with Gasteiger partial charge in [-0.1, -0.05) is 20.8 Å². The molecular formula is C13H23NO3. The quantitative estimate of drug-likeness (QED) is 0.649. The second-order valence-electron chi connectivity index (χ2n) is 6.00. The Labute approximate surface area is 103 Å². The van der Waals surface area contributed by atoms with Crippen molar-refractivity contribution in [2.24, 2.45) is 5.41 Å². The molecule has 17 heavy (non-hydrogen) atoms. The van der Waals surface area contributed by atoms with Crippen molar-refractivity contribution >= 4 is 5.91 Å². The highest BCUT2D eigenvalue weighted by molar-refractivity contribution is 5.81. The highest BCUT2D eigenvalue weighted by Gasteiger charge is 2.40. The Hall–Kier alpha value is -0.610. The topological polar surface area (TPSA) is 38.8 Å². The van der Waals surface area contributed by atoms with Crippen molar-refractivity contribution in [2.75, 3.05) is 26.3 Å². The Kier molecular flexibility index (Phi) is 3.46. The summed E-state index contributed by atoms with van der Waals surface area (Å²) in [6, 6.07) is 0. The predicted octanol–water partition coefficient (Wildman–Crippen LogP) is 1.79. The molecule has 2 rings (SSSR count). The van der Waals surface area contributed by atoms with Crippen LogP contribution < -0.4 is 0 Å². The number of piperidine rings is 1. The zero-order valence-electron chi connectivity index (χ0n) is 11.1. The van der Waals surface area contributed by atoms with E-state index in [4.69, 9.17) is 9.47 Å². The van der Waals surface area contributed by atoms with Gasteiger partial charge in [-0.3, -0.25) is 4.79 Å². The normalized spacial score (nSPS) is 25.0. The highest BCUT2D eigenvalue weighted by atomic mass is 16.7. The number of hydrogen-bond acceptors (Lipinski definition) is 3. The van der Waals surface area contributed by atoms with Crippen molar-refractivity contribution in [3.8, 4) is 0 Å². The fourth-order valence-corrected chi connectivity index (χ4v) is 2.43. The number of nitrogens with zero attached hydrogens (tertiary/aromatic N) is 1. The van der Waals surface area contributed by atoms with Gasteiger partial charge in [0, 0.05) is 31.3 Å². The molecule has 0 unspecified atom stereocenters. The maximum Gasteiger partial charge on any atom is 0.227 e. The molecule has 0 aromatic carbocycles. The molecule has 0 aromatic rings. The summed E-state index contributed by atoms with van der Waals surface area (Å²) in [5.74, 6) is -0.171. The lowest BCUT2D eigenvalue weighted by Gasteiger charge is -2.44. The van der Waals surface area contributed by atoms with Crippen LogP contribution in [0.4, 0.5) is 0 Å². The SMILES string of the molecule is CC(C)(C)C(=O)N1CCC2(CC1)OCCCO2. The second-order valence-corrected chi connectivity index (χ2v) is 6.00. The van der Waals surface area contributed by atoms with Crippen molar-refractivity contribution in [3.05, 3.63) is 0 Å². The highest BCUT2D eigenvalue weighted by Crippen LogP contribution is 2.32. The standard InChI is InChI=1S/C13H23NO3/c1-12(2,3)11(15)14-7-5-13(6-8-14)16-9-4-10-17-13/h4-10H2,1-3H3. The van der Waals surface area contributed by atoms with Gasteiger partial charge in [-0.15, -0.1) is 0 Å². The fourth-order valence-electron chi connectivity index (χ4n) is 2.43. The smallest absolute Gasteiger partial charge is 0.227 e. The van der Waals surface area contributed by atoms with Crippen LogP contribution in [0.2, 0.25) is 0 Å². The molecule has 0 aromatic heterocycles. The van der Waals surface area contributed by atoms with Gasteiger partial charge in [0.05, 0.1) is 13.2 Å². The van der Waals surface area contributed by atoms with E-state index in [1.165, 1.54) is 0 Å². The zero-order valence-corrected chi connectivity index (χ0v) is 11.1. The molecule has 2 aliphatic rings. The maximum atomic E-state index is 12.1. The Bertz CT molecular complexity index is 280. The van der Waals surface area contributed by atoms with E-state index in [0.29, 0.717) is 0 Å². The monoisotopic (exact) mass is 241 g/mol. The van der Waals surface area contributed by atoms with E-state index >= 15 is 0 Å². The Morgan fingerprint density at radius 1 is 1.12 bits per heavy atom. The van der Waals surface area contributed by atoms with Gasteiger partial charge < -0.3 is 14.4 Å². The third kappa shape index (κ3) is 2.80. The summed E-state index contributed by atoms with van der Waals surface area (Å²) >= 11 is 0. The van der Waals surface area contributed by atoms with Gasteiger partial charge in [0.2, 0.25) is 5.91 Å². The third-order valence-corrected chi connectivity index (χ3v) is 3.47. The van der Waals surface area contributed by atoms with Crippen molar-refractivity contribution < 1.29 is 14.3 Å². The molecule has 0 aliphatic carbocycles. The van der Waals surface area contributed by atoms with Gasteiger partial charge in [0.25, 0.3) is 0 Å². The summed E-state index contributed by atoms with van der Waals surface area (Å²) in [5, 5.41) is 0. The Morgan fingerprint density at radius 3 is 2.12 bits per heavy atom. The van der Waals surface area contributed by atoms with E-state index < -0.39 is 5.79 Å². The number of likely N-dealkylation sites (tertiary alicyclic amines) is 1. The molecule has 2 fully saturated rings. The number of ether oxygens (including phenoxy) is 2. The van der Waals surface area contributed by atoms with Crippen LogP contribution in [-0.2, 0) is 14.3 Å². The van der Waals surface area contributed by atoms with E-state index in [1.807, 2.05) is 25.7 Å². The number of amides is 1. The number of rotatable bonds is 0. The zero-order chi connectivity index (χ0) is 12.5. The lowest BCUT2D eigenvalue weighted by atomic mass is 9.92. The molecule has 2 saturated heterocycles. The maximum absolute atomic E-state index is 12.1. The van der Waals surface area contributed by atoms with Crippen LogP contribution in [0.3, 0.4) is 0 Å². The van der Waals surface area contributed by atoms with Crippen molar-refractivity contribution in [1.82, 2.24) is 4.90 Å². The van der Waals surface area contributed by atoms with Gasteiger partial charge in [-0.25, -0.2) is 0 Å². The summed E-state index contributed by atoms with van der Waals surface area (Å²) < 4.78 is 11.5. The summed E-state index contributed by atoms with van der Waals surface area (Å²) in [4.78, 5) is 14.1. The van der Waals surface area contributed by atoms with E-state index in [1.54, 1.807) is 0 Å². The molecule has 1 amide bonds. The molecule has 4 nitrogen and oxygen atoms in total. The van der Waals surface area contributed by atoms with Gasteiger partial charge in [0.15, 0.2) is 5.79 Å². The average molecular weight is 241 g/mol. The van der Waals surface area contributed by atoms with Crippen LogP contribution in [0.1, 0.15) is 40.0 Å². The van der Waals surface area contributed by atoms with E-state index in [-0.39, 0.29) is 11.3 Å². The molecule has 1 spiro atoms. The second kappa shape index (κ2) is 4.58. The van der Waals surface area contributed by atoms with Gasteiger partial charge >= 0.3 is 0 Å². The van der Waals surface area contributed by atoms with Crippen molar-refractivity contribution in [2.45, 2.75) is 45.8 Å². The number of carbonyl (C=O) groups is 1. The minimum atomic E-state index is -0.396. The predicted molar refractivity (Wildman–Crippen MR) is 64.5 cm³/mol. The molecule has 4 heteroatoms. The van der Waals surface area contributed by atoms with Crippen LogP contribution in [-0.4, -0.2) is 42.9 Å². The Morgan fingerprint density at radius 2 is 1.65 bits per heavy atom. The summed E-state index contributed by atoms with van der Waals surface area (Å²) in [7, 11) is 0. The molecule has 0 bridgehead atoms. The minimum absolute atomic E-state index is 0.225. The summed E-state index contributed by atoms with van der Waals surface area (Å²) in [6.45, 7) is 8.96. The summed E-state index contributed by atoms with van der Waals surface area (Å²) in [5.41, 5.74) is -0.293. The molecule has 0 N–H and O–H groups in total. The van der Waals surface area contributed by atoms with Gasteiger partial charge in [0.1, 0.15) is 0 Å². The number of carbonyl (C=O) groups excluding carboxylic acids is 1. The van der Waals surface area contributed by atoms with Crippen molar-refractivity contribution in [3.63, 3.8) is 0 Å². The van der Waals surface area contributed by atoms with Crippen LogP contribution >= 0.6 is 0 Å². The number of hydrogen-bond donors (Lipinski definition) is 0. The van der Waals surface area contributed by atoms with Crippen LogP contribution in [0.15, 0.2) is 0 Å². The average Bonchev–Trinajstić information content (AvgIpc) is 2.29. The van der Waals surface area contributed by atoms with E-state index in [0.717, 1.165) is 45.6 Å². The molecule has 98 valence electrons. The van der Waals surface area contributed by atoms with Crippen LogP contribution in [0.5, 0.6) is 0 Å². The van der Waals surface area contributed by atoms with Crippen LogP contribution in [0, 0.1) is 5.41 Å². The first-order valence-electron chi connectivity index (χ1n) is 6.50. The lowest BCUT2D eigenvalue weighted by molar-refractivity contribution is -0.283. The lowest BCUT2D eigenvalue weighted by Crippen LogP contribution is -2.53. The summed E-state index contributed by atoms with van der Waals surface area (Å²) in [6.07, 6.45) is 2.58. The fraction of sp³-hybridized carbons (Fsp3) is 0.923. The van der Waals surface area contributed by atoms with Gasteiger partial charge in [-0.2, -0.15) is 0 Å². The van der Waals surface area contributed by atoms with E-state index in [2.05, 4.69) is 0 Å². The molecule has 2 heterocycles. The third-order valence-electron chi connectivity index (χ3n) is 3.47. The first-order chi connectivity index (χ1) is 7.93. The molecule has 0 atom stereocenters. The van der Waals surface area contributed by atoms with Crippen molar-refractivity contribution in [1.29, 1.82) is 0 Å². The van der Waals surface area contributed by atoms with E-state index in [9.17, 15) is 4.79 Å². The first-order valence-corrected chi connectivity index (χ1v) is 6.50. The minimum Gasteiger partial charge on any atom is -0.350 e. The molecule has 0 radical (unpaired) electrons. The Balaban J connectivity index is 1.91. The molecular weight excluding hydrogens is 218 g/mol. The van der Waals surface area contributed by atoms with Gasteiger partial charge in [-0.05, 0) is 6.42 Å². The first kappa shape index (κ1) is 12.8.